The Morgan fingerprint density at radius 2 is 2.20 bits per heavy atom. The molecular formula is C13H14N6O. The molecule has 0 atom stereocenters. The Bertz CT molecular complexity index is 772. The number of rotatable bonds is 2. The molecule has 102 valence electrons. The number of aromatic nitrogens is 4. The van der Waals surface area contributed by atoms with E-state index in [0.29, 0.717) is 11.3 Å². The van der Waals surface area contributed by atoms with Gasteiger partial charge in [0.05, 0.1) is 11.4 Å². The van der Waals surface area contributed by atoms with Gasteiger partial charge >= 0.3 is 6.03 Å². The standard InChI is InChI=1S/C13H14N6O/c1-14-13(20)16-10-8-9(11-4-3-6-18(11)2)17-19-7-5-15-12(10)19/h3-8H,1-2H3,(H2,14,16,20). The topological polar surface area (TPSA) is 76.2 Å². The Morgan fingerprint density at radius 3 is 2.90 bits per heavy atom. The summed E-state index contributed by atoms with van der Waals surface area (Å²) in [6.07, 6.45) is 5.34. The number of carbonyl (C=O) groups excluding carboxylic acids is 1. The highest BCUT2D eigenvalue weighted by atomic mass is 16.2. The normalized spacial score (nSPS) is 10.7. The van der Waals surface area contributed by atoms with Gasteiger partial charge in [-0.25, -0.2) is 14.3 Å². The lowest BCUT2D eigenvalue weighted by Crippen LogP contribution is -2.25. The highest BCUT2D eigenvalue weighted by molar-refractivity contribution is 5.93. The van der Waals surface area contributed by atoms with Gasteiger partial charge in [-0.15, -0.1) is 0 Å². The van der Waals surface area contributed by atoms with Crippen LogP contribution in [0.3, 0.4) is 0 Å². The molecule has 0 aromatic carbocycles. The van der Waals surface area contributed by atoms with Gasteiger partial charge in [0.1, 0.15) is 5.69 Å². The quantitative estimate of drug-likeness (QED) is 0.740. The minimum absolute atomic E-state index is 0.293. The number of carbonyl (C=O) groups is 1. The van der Waals surface area contributed by atoms with Crippen LogP contribution in [-0.4, -0.2) is 32.2 Å². The zero-order valence-corrected chi connectivity index (χ0v) is 11.2. The fourth-order valence-corrected chi connectivity index (χ4v) is 2.05. The number of nitrogens with zero attached hydrogens (tertiary/aromatic N) is 4. The van der Waals surface area contributed by atoms with E-state index in [9.17, 15) is 4.79 Å². The van der Waals surface area contributed by atoms with Crippen LogP contribution in [0.15, 0.2) is 36.8 Å². The van der Waals surface area contributed by atoms with Gasteiger partial charge < -0.3 is 15.2 Å². The van der Waals surface area contributed by atoms with Crippen molar-refractivity contribution in [2.24, 2.45) is 7.05 Å². The molecule has 0 aliphatic carbocycles. The summed E-state index contributed by atoms with van der Waals surface area (Å²) in [6, 6.07) is 5.43. The third-order valence-corrected chi connectivity index (χ3v) is 3.04. The first-order chi connectivity index (χ1) is 9.69. The highest BCUT2D eigenvalue weighted by Crippen LogP contribution is 2.23. The van der Waals surface area contributed by atoms with Crippen molar-refractivity contribution in [1.82, 2.24) is 24.5 Å². The number of aryl methyl sites for hydroxylation is 1. The fourth-order valence-electron chi connectivity index (χ4n) is 2.05. The van der Waals surface area contributed by atoms with Crippen LogP contribution >= 0.6 is 0 Å². The average molecular weight is 270 g/mol. The van der Waals surface area contributed by atoms with Crippen molar-refractivity contribution in [1.29, 1.82) is 0 Å². The van der Waals surface area contributed by atoms with Gasteiger partial charge in [0.2, 0.25) is 0 Å². The number of nitrogens with one attached hydrogen (secondary N) is 2. The van der Waals surface area contributed by atoms with Crippen molar-refractivity contribution in [2.75, 3.05) is 12.4 Å². The Morgan fingerprint density at radius 1 is 1.35 bits per heavy atom. The first-order valence-corrected chi connectivity index (χ1v) is 6.14. The van der Waals surface area contributed by atoms with Crippen LogP contribution in [0.5, 0.6) is 0 Å². The number of fused-ring (bicyclic) bond motifs is 1. The molecule has 3 aromatic heterocycles. The summed E-state index contributed by atoms with van der Waals surface area (Å²) < 4.78 is 3.61. The largest absolute Gasteiger partial charge is 0.349 e. The first-order valence-electron chi connectivity index (χ1n) is 6.14. The number of hydrogen-bond donors (Lipinski definition) is 2. The van der Waals surface area contributed by atoms with Crippen molar-refractivity contribution >= 4 is 17.4 Å². The minimum atomic E-state index is -0.293. The molecule has 3 heterocycles. The lowest BCUT2D eigenvalue weighted by atomic mass is 10.2. The molecule has 3 rings (SSSR count). The molecule has 2 N–H and O–H groups in total. The highest BCUT2D eigenvalue weighted by Gasteiger charge is 2.12. The van der Waals surface area contributed by atoms with Crippen LogP contribution in [0.1, 0.15) is 0 Å². The molecule has 3 aromatic rings. The van der Waals surface area contributed by atoms with Crippen LogP contribution in [0, 0.1) is 0 Å². The summed E-state index contributed by atoms with van der Waals surface area (Å²) in [7, 11) is 3.51. The monoisotopic (exact) mass is 270 g/mol. The SMILES string of the molecule is CNC(=O)Nc1cc(-c2cccn2C)nn2ccnc12. The Labute approximate surface area is 115 Å². The van der Waals surface area contributed by atoms with Crippen LogP contribution in [-0.2, 0) is 7.05 Å². The summed E-state index contributed by atoms with van der Waals surface area (Å²) in [4.78, 5) is 15.7. The van der Waals surface area contributed by atoms with Gasteiger partial charge in [0, 0.05) is 32.7 Å². The van der Waals surface area contributed by atoms with Crippen molar-refractivity contribution in [3.63, 3.8) is 0 Å². The van der Waals surface area contributed by atoms with E-state index in [1.165, 1.54) is 0 Å². The van der Waals surface area contributed by atoms with Crippen molar-refractivity contribution < 1.29 is 4.79 Å². The molecule has 0 saturated carbocycles. The lowest BCUT2D eigenvalue weighted by Gasteiger charge is -2.09. The molecule has 0 aliphatic rings. The number of urea groups is 1. The first kappa shape index (κ1) is 12.2. The Hall–Kier alpha value is -2.83. The van der Waals surface area contributed by atoms with Gasteiger partial charge in [-0.3, -0.25) is 0 Å². The third-order valence-electron chi connectivity index (χ3n) is 3.04. The third kappa shape index (κ3) is 1.99. The second-order valence-electron chi connectivity index (χ2n) is 4.35. The van der Waals surface area contributed by atoms with Gasteiger partial charge in [-0.05, 0) is 18.2 Å². The molecular weight excluding hydrogens is 256 g/mol. The molecule has 2 amide bonds. The average Bonchev–Trinajstić information content (AvgIpc) is 3.06. The predicted octanol–water partition coefficient (Wildman–Crippen LogP) is 1.49. The maximum absolute atomic E-state index is 11.5. The van der Waals surface area contributed by atoms with Crippen molar-refractivity contribution in [3.05, 3.63) is 36.8 Å². The molecule has 0 saturated heterocycles. The maximum atomic E-state index is 11.5. The lowest BCUT2D eigenvalue weighted by molar-refractivity contribution is 0.254. The van der Waals surface area contributed by atoms with E-state index in [4.69, 9.17) is 0 Å². The minimum Gasteiger partial charge on any atom is -0.349 e. The smallest absolute Gasteiger partial charge is 0.319 e. The molecule has 0 bridgehead atoms. The number of anilines is 1. The van der Waals surface area contributed by atoms with E-state index in [1.807, 2.05) is 36.0 Å². The van der Waals surface area contributed by atoms with Gasteiger partial charge in [0.15, 0.2) is 5.65 Å². The van der Waals surface area contributed by atoms with Crippen molar-refractivity contribution in [2.45, 2.75) is 0 Å². The van der Waals surface area contributed by atoms with Crippen molar-refractivity contribution in [3.8, 4) is 11.4 Å². The zero-order valence-electron chi connectivity index (χ0n) is 11.2. The Kier molecular flexibility index (Phi) is 2.86. The molecule has 7 heteroatoms. The summed E-state index contributed by atoms with van der Waals surface area (Å²) in [6.45, 7) is 0. The molecule has 0 fully saturated rings. The van der Waals surface area contributed by atoms with E-state index in [0.717, 1.165) is 11.4 Å². The van der Waals surface area contributed by atoms with Crippen LogP contribution in [0.2, 0.25) is 0 Å². The van der Waals surface area contributed by atoms with E-state index < -0.39 is 0 Å². The molecule has 20 heavy (non-hydrogen) atoms. The Balaban J connectivity index is 2.15. The molecule has 0 aliphatic heterocycles. The summed E-state index contributed by atoms with van der Waals surface area (Å²) in [5.41, 5.74) is 2.93. The molecule has 7 nitrogen and oxygen atoms in total. The second kappa shape index (κ2) is 4.69. The van der Waals surface area contributed by atoms with E-state index in [-0.39, 0.29) is 6.03 Å². The number of amides is 2. The van der Waals surface area contributed by atoms with Gasteiger partial charge in [-0.1, -0.05) is 0 Å². The van der Waals surface area contributed by atoms with Gasteiger partial charge in [-0.2, -0.15) is 5.10 Å². The second-order valence-corrected chi connectivity index (χ2v) is 4.35. The summed E-state index contributed by atoms with van der Waals surface area (Å²) >= 11 is 0. The van der Waals surface area contributed by atoms with Crippen LogP contribution < -0.4 is 10.6 Å². The van der Waals surface area contributed by atoms with E-state index in [1.54, 1.807) is 24.0 Å². The summed E-state index contributed by atoms with van der Waals surface area (Å²) in [5.74, 6) is 0. The fraction of sp³-hybridized carbons (Fsp3) is 0.154. The molecule has 0 unspecified atom stereocenters. The summed E-state index contributed by atoms with van der Waals surface area (Å²) in [5, 5.41) is 9.78. The van der Waals surface area contributed by atoms with Gasteiger partial charge in [0.25, 0.3) is 0 Å². The van der Waals surface area contributed by atoms with E-state index in [2.05, 4.69) is 20.7 Å². The maximum Gasteiger partial charge on any atom is 0.319 e. The predicted molar refractivity (Wildman–Crippen MR) is 75.5 cm³/mol. The molecule has 0 spiro atoms. The number of hydrogen-bond acceptors (Lipinski definition) is 3. The zero-order chi connectivity index (χ0) is 14.1. The molecule has 0 radical (unpaired) electrons. The van der Waals surface area contributed by atoms with Crippen LogP contribution in [0.25, 0.3) is 17.0 Å². The van der Waals surface area contributed by atoms with E-state index >= 15 is 0 Å². The number of imidazole rings is 1. The van der Waals surface area contributed by atoms with Crippen LogP contribution in [0.4, 0.5) is 10.5 Å².